The van der Waals surface area contributed by atoms with Gasteiger partial charge in [0.2, 0.25) is 0 Å². The quantitative estimate of drug-likeness (QED) is 0.543. The minimum Gasteiger partial charge on any atom is -0.353 e. The van der Waals surface area contributed by atoms with E-state index < -0.39 is 0 Å². The summed E-state index contributed by atoms with van der Waals surface area (Å²) in [6.45, 7) is 2.64. The van der Waals surface area contributed by atoms with Crippen LogP contribution in [0.15, 0.2) is 66.0 Å². The largest absolute Gasteiger partial charge is 0.353 e. The molecule has 0 radical (unpaired) electrons. The second-order valence-electron chi connectivity index (χ2n) is 6.89. The monoisotopic (exact) mass is 442 g/mol. The summed E-state index contributed by atoms with van der Waals surface area (Å²) in [5.74, 6) is 1.20. The number of amides is 1. The molecule has 30 heavy (non-hydrogen) atoms. The van der Waals surface area contributed by atoms with Gasteiger partial charge in [0.05, 0.1) is 10.6 Å². The predicted molar refractivity (Wildman–Crippen MR) is 118 cm³/mol. The molecule has 2 aromatic heterocycles. The fourth-order valence-electron chi connectivity index (χ4n) is 3.26. The number of anilines is 1. The Labute approximate surface area is 183 Å². The molecule has 154 valence electrons. The zero-order chi connectivity index (χ0) is 20.9. The van der Waals surface area contributed by atoms with Gasteiger partial charge in [-0.1, -0.05) is 23.7 Å². The normalized spacial score (nSPS) is 14.1. The van der Waals surface area contributed by atoms with Crippen molar-refractivity contribution in [1.82, 2.24) is 14.9 Å². The van der Waals surface area contributed by atoms with Crippen LogP contribution < -0.4 is 4.90 Å². The molecule has 5 nitrogen and oxygen atoms in total. The maximum absolute atomic E-state index is 13.1. The summed E-state index contributed by atoms with van der Waals surface area (Å²) < 4.78 is 13.1. The van der Waals surface area contributed by atoms with Crippen LogP contribution >= 0.6 is 23.4 Å². The number of aromatic nitrogens is 2. The van der Waals surface area contributed by atoms with Crippen LogP contribution in [0, 0.1) is 5.82 Å². The number of hydrogen-bond donors (Lipinski definition) is 0. The van der Waals surface area contributed by atoms with Crippen molar-refractivity contribution in [1.29, 1.82) is 0 Å². The molecule has 1 amide bonds. The van der Waals surface area contributed by atoms with Crippen LogP contribution in [0.1, 0.15) is 15.9 Å². The van der Waals surface area contributed by atoms with Crippen LogP contribution in [0.2, 0.25) is 5.02 Å². The number of nitrogens with zero attached hydrogens (tertiary/aromatic N) is 4. The van der Waals surface area contributed by atoms with Crippen LogP contribution in [0.5, 0.6) is 0 Å². The topological polar surface area (TPSA) is 49.3 Å². The van der Waals surface area contributed by atoms with E-state index in [-0.39, 0.29) is 11.7 Å². The van der Waals surface area contributed by atoms with Gasteiger partial charge in [-0.3, -0.25) is 4.79 Å². The number of pyridine rings is 2. The Kier molecular flexibility index (Phi) is 6.50. The third kappa shape index (κ3) is 4.91. The molecule has 0 spiro atoms. The van der Waals surface area contributed by atoms with Gasteiger partial charge in [-0.05, 0) is 42.0 Å². The molecular weight excluding hydrogens is 423 g/mol. The highest BCUT2D eigenvalue weighted by Gasteiger charge is 2.25. The van der Waals surface area contributed by atoms with E-state index in [9.17, 15) is 9.18 Å². The predicted octanol–water partition coefficient (Wildman–Crippen LogP) is 4.52. The lowest BCUT2D eigenvalue weighted by Crippen LogP contribution is -2.49. The van der Waals surface area contributed by atoms with Gasteiger partial charge in [0, 0.05) is 44.3 Å². The van der Waals surface area contributed by atoms with E-state index in [1.807, 2.05) is 23.1 Å². The number of benzene rings is 1. The number of piperazine rings is 1. The van der Waals surface area contributed by atoms with Crippen molar-refractivity contribution < 1.29 is 9.18 Å². The van der Waals surface area contributed by atoms with Gasteiger partial charge in [-0.15, -0.1) is 11.8 Å². The lowest BCUT2D eigenvalue weighted by molar-refractivity contribution is 0.0742. The second kappa shape index (κ2) is 9.45. The summed E-state index contributed by atoms with van der Waals surface area (Å²) in [6, 6.07) is 13.7. The minimum atomic E-state index is -0.259. The third-order valence-corrected chi connectivity index (χ3v) is 6.19. The summed E-state index contributed by atoms with van der Waals surface area (Å²) >= 11 is 7.39. The highest BCUT2D eigenvalue weighted by Crippen LogP contribution is 2.26. The Morgan fingerprint density at radius 2 is 1.80 bits per heavy atom. The number of hydrogen-bond acceptors (Lipinski definition) is 5. The van der Waals surface area contributed by atoms with Gasteiger partial charge in [0.25, 0.3) is 5.91 Å². The van der Waals surface area contributed by atoms with E-state index in [1.165, 1.54) is 23.9 Å². The molecule has 0 unspecified atom stereocenters. The van der Waals surface area contributed by atoms with Crippen LogP contribution in [0.3, 0.4) is 0 Å². The van der Waals surface area contributed by atoms with E-state index in [1.54, 1.807) is 30.6 Å². The smallest absolute Gasteiger partial charge is 0.256 e. The SMILES string of the molecule is O=C(c1cccnc1SCc1ccc(F)cc1)N1CCN(c2ccc(Cl)cn2)CC1. The summed E-state index contributed by atoms with van der Waals surface area (Å²) in [5.41, 5.74) is 1.58. The van der Waals surface area contributed by atoms with E-state index in [2.05, 4.69) is 14.9 Å². The maximum atomic E-state index is 13.1. The number of carbonyl (C=O) groups is 1. The van der Waals surface area contributed by atoms with E-state index in [0.29, 0.717) is 47.5 Å². The third-order valence-electron chi connectivity index (χ3n) is 4.89. The Bertz CT molecular complexity index is 1010. The van der Waals surface area contributed by atoms with Gasteiger partial charge in [-0.25, -0.2) is 14.4 Å². The zero-order valence-electron chi connectivity index (χ0n) is 16.2. The van der Waals surface area contributed by atoms with Gasteiger partial charge in [0.1, 0.15) is 16.7 Å². The summed E-state index contributed by atoms with van der Waals surface area (Å²) in [4.78, 5) is 25.9. The van der Waals surface area contributed by atoms with Crippen molar-refractivity contribution >= 4 is 35.1 Å². The maximum Gasteiger partial charge on any atom is 0.256 e. The van der Waals surface area contributed by atoms with Crippen molar-refractivity contribution in [2.45, 2.75) is 10.8 Å². The average Bonchev–Trinajstić information content (AvgIpc) is 2.79. The molecule has 8 heteroatoms. The first-order chi connectivity index (χ1) is 14.6. The molecule has 1 aromatic carbocycles. The second-order valence-corrected chi connectivity index (χ2v) is 8.29. The van der Waals surface area contributed by atoms with E-state index >= 15 is 0 Å². The number of thioether (sulfide) groups is 1. The first kappa shape index (κ1) is 20.6. The number of rotatable bonds is 5. The number of carbonyl (C=O) groups excluding carboxylic acids is 1. The first-order valence-corrected chi connectivity index (χ1v) is 10.9. The highest BCUT2D eigenvalue weighted by atomic mass is 35.5. The van der Waals surface area contributed by atoms with Gasteiger partial charge in [0.15, 0.2) is 0 Å². The Morgan fingerprint density at radius 3 is 2.50 bits per heavy atom. The van der Waals surface area contributed by atoms with Crippen LogP contribution in [0.25, 0.3) is 0 Å². The molecule has 0 bridgehead atoms. The fourth-order valence-corrected chi connectivity index (χ4v) is 4.32. The van der Waals surface area contributed by atoms with Crippen LogP contribution in [-0.4, -0.2) is 47.0 Å². The fraction of sp³-hybridized carbons (Fsp3) is 0.227. The lowest BCUT2D eigenvalue weighted by atomic mass is 10.2. The molecule has 0 atom stereocenters. The lowest BCUT2D eigenvalue weighted by Gasteiger charge is -2.35. The molecule has 1 aliphatic heterocycles. The Balaban J connectivity index is 1.40. The van der Waals surface area contributed by atoms with Crippen molar-refractivity contribution in [3.05, 3.63) is 82.9 Å². The van der Waals surface area contributed by atoms with Crippen LogP contribution in [-0.2, 0) is 5.75 Å². The van der Waals surface area contributed by atoms with Crippen molar-refractivity contribution in [2.24, 2.45) is 0 Å². The molecule has 1 aliphatic rings. The van der Waals surface area contributed by atoms with E-state index in [0.717, 1.165) is 11.4 Å². The summed E-state index contributed by atoms with van der Waals surface area (Å²) in [5, 5.41) is 1.29. The van der Waals surface area contributed by atoms with Gasteiger partial charge < -0.3 is 9.80 Å². The molecule has 4 rings (SSSR count). The molecular formula is C22H20ClFN4OS. The van der Waals surface area contributed by atoms with Crippen molar-refractivity contribution in [3.8, 4) is 0 Å². The summed E-state index contributed by atoms with van der Waals surface area (Å²) in [6.07, 6.45) is 3.32. The number of halogens is 2. The molecule has 0 aliphatic carbocycles. The Morgan fingerprint density at radius 1 is 1.03 bits per heavy atom. The zero-order valence-corrected chi connectivity index (χ0v) is 17.7. The molecule has 1 fully saturated rings. The minimum absolute atomic E-state index is 0.0200. The van der Waals surface area contributed by atoms with Gasteiger partial charge >= 0.3 is 0 Å². The summed E-state index contributed by atoms with van der Waals surface area (Å²) in [7, 11) is 0. The molecule has 1 saturated heterocycles. The van der Waals surface area contributed by atoms with Crippen molar-refractivity contribution in [2.75, 3.05) is 31.1 Å². The van der Waals surface area contributed by atoms with Crippen LogP contribution in [0.4, 0.5) is 10.2 Å². The standard InChI is InChI=1S/C22H20ClFN4OS/c23-17-5-8-20(26-14-17)27-10-12-28(13-11-27)22(29)19-2-1-9-25-21(19)30-15-16-3-6-18(24)7-4-16/h1-9,14H,10-13,15H2. The van der Waals surface area contributed by atoms with Crippen molar-refractivity contribution in [3.63, 3.8) is 0 Å². The van der Waals surface area contributed by atoms with E-state index in [4.69, 9.17) is 11.6 Å². The molecule has 3 aromatic rings. The Hall–Kier alpha value is -2.64. The molecule has 3 heterocycles. The van der Waals surface area contributed by atoms with Gasteiger partial charge in [-0.2, -0.15) is 0 Å². The average molecular weight is 443 g/mol. The first-order valence-electron chi connectivity index (χ1n) is 9.58. The molecule has 0 saturated carbocycles. The molecule has 0 N–H and O–H groups in total. The highest BCUT2D eigenvalue weighted by molar-refractivity contribution is 7.98.